The predicted octanol–water partition coefficient (Wildman–Crippen LogP) is -5.66. The number of nitrogens with one attached hydrogen (secondary N) is 2. The van der Waals surface area contributed by atoms with Crippen LogP contribution in [-0.2, 0) is 9.59 Å². The van der Waals surface area contributed by atoms with Crippen LogP contribution < -0.4 is 45.3 Å². The Morgan fingerprint density at radius 1 is 1.50 bits per heavy atom. The molecule has 0 saturated carbocycles. The van der Waals surface area contributed by atoms with Gasteiger partial charge in [-0.25, -0.2) is 4.79 Å². The third-order valence-electron chi connectivity index (χ3n) is 1.23. The van der Waals surface area contributed by atoms with Gasteiger partial charge in [0.2, 0.25) is 5.91 Å². The van der Waals surface area contributed by atoms with Crippen LogP contribution in [0.4, 0.5) is 4.79 Å². The first kappa shape index (κ1) is 11.4. The summed E-state index contributed by atoms with van der Waals surface area (Å²) in [4.78, 5) is 31.1. The Morgan fingerprint density at radius 3 is 2.50 bits per heavy atom. The molecule has 1 atom stereocenters. The molecule has 0 aliphatic carbocycles. The number of aliphatic carboxylic acids is 1. The van der Waals surface area contributed by atoms with Gasteiger partial charge < -0.3 is 15.2 Å². The molecule has 0 radical (unpaired) electrons. The molecule has 6 nitrogen and oxygen atoms in total. The van der Waals surface area contributed by atoms with Crippen molar-refractivity contribution in [2.24, 2.45) is 0 Å². The molecule has 12 heavy (non-hydrogen) atoms. The van der Waals surface area contributed by atoms with E-state index in [4.69, 9.17) is 0 Å². The average Bonchev–Trinajstić information content (AvgIpc) is 1.85. The molecule has 0 aromatic carbocycles. The smallest absolute Gasteiger partial charge is 0.548 e. The minimum absolute atomic E-state index is 0. The van der Waals surface area contributed by atoms with E-state index in [1.165, 1.54) is 0 Å². The van der Waals surface area contributed by atoms with Crippen molar-refractivity contribution in [1.82, 2.24) is 10.6 Å². The fourth-order valence-electron chi connectivity index (χ4n) is 0.751. The number of carboxylic acids is 1. The molecular formula is C5H5N2NaO4. The maximum atomic E-state index is 10.5. The predicted molar refractivity (Wildman–Crippen MR) is 30.1 cm³/mol. The van der Waals surface area contributed by atoms with E-state index in [2.05, 4.69) is 0 Å². The van der Waals surface area contributed by atoms with E-state index in [0.29, 0.717) is 0 Å². The van der Waals surface area contributed by atoms with Crippen molar-refractivity contribution in [3.8, 4) is 0 Å². The van der Waals surface area contributed by atoms with Gasteiger partial charge in [-0.3, -0.25) is 10.1 Å². The van der Waals surface area contributed by atoms with Crippen molar-refractivity contribution in [2.75, 3.05) is 0 Å². The summed E-state index contributed by atoms with van der Waals surface area (Å²) in [5.41, 5.74) is 0. The van der Waals surface area contributed by atoms with Gasteiger partial charge in [0, 0.05) is 0 Å². The Morgan fingerprint density at radius 2 is 2.08 bits per heavy atom. The van der Waals surface area contributed by atoms with Crippen LogP contribution in [0.25, 0.3) is 0 Å². The van der Waals surface area contributed by atoms with Crippen molar-refractivity contribution >= 4 is 17.9 Å². The molecule has 1 heterocycles. The van der Waals surface area contributed by atoms with E-state index in [1.807, 2.05) is 10.6 Å². The van der Waals surface area contributed by atoms with Crippen LogP contribution in [-0.4, -0.2) is 23.9 Å². The Bertz CT molecular complexity index is 213. The molecule has 0 aromatic heterocycles. The van der Waals surface area contributed by atoms with Gasteiger partial charge in [0.15, 0.2) is 0 Å². The molecule has 7 heteroatoms. The Labute approximate surface area is 90.0 Å². The van der Waals surface area contributed by atoms with Crippen LogP contribution in [0, 0.1) is 0 Å². The normalized spacial score (nSPS) is 21.8. The van der Waals surface area contributed by atoms with Gasteiger partial charge in [0.25, 0.3) is 0 Å². The van der Waals surface area contributed by atoms with Gasteiger partial charge in [-0.05, 0) is 0 Å². The summed E-state index contributed by atoms with van der Waals surface area (Å²) in [7, 11) is 0. The number of rotatable bonds is 1. The van der Waals surface area contributed by atoms with Crippen molar-refractivity contribution in [2.45, 2.75) is 12.5 Å². The van der Waals surface area contributed by atoms with Gasteiger partial charge in [-0.15, -0.1) is 0 Å². The van der Waals surface area contributed by atoms with E-state index in [1.54, 1.807) is 0 Å². The fourth-order valence-corrected chi connectivity index (χ4v) is 0.751. The second-order valence-electron chi connectivity index (χ2n) is 2.10. The summed E-state index contributed by atoms with van der Waals surface area (Å²) in [5.74, 6) is -2.06. The van der Waals surface area contributed by atoms with E-state index in [-0.39, 0.29) is 36.0 Å². The van der Waals surface area contributed by atoms with Crippen molar-refractivity contribution in [3.63, 3.8) is 0 Å². The van der Waals surface area contributed by atoms with Crippen molar-refractivity contribution < 1.29 is 49.0 Å². The molecule has 60 valence electrons. The third kappa shape index (κ3) is 2.80. The molecule has 1 saturated heterocycles. The van der Waals surface area contributed by atoms with E-state index in [0.717, 1.165) is 0 Å². The fraction of sp³-hybridized carbons (Fsp3) is 0.400. The van der Waals surface area contributed by atoms with Crippen LogP contribution in [0.3, 0.4) is 0 Å². The molecule has 1 aliphatic heterocycles. The SMILES string of the molecule is O=C1CC(C(=O)[O-])NC(=O)N1.[Na+]. The largest absolute Gasteiger partial charge is 1.00 e. The van der Waals surface area contributed by atoms with Gasteiger partial charge >= 0.3 is 35.6 Å². The molecule has 1 unspecified atom stereocenters. The van der Waals surface area contributed by atoms with Crippen LogP contribution in [0.15, 0.2) is 0 Å². The topological polar surface area (TPSA) is 98.3 Å². The van der Waals surface area contributed by atoms with E-state index < -0.39 is 23.9 Å². The summed E-state index contributed by atoms with van der Waals surface area (Å²) in [5, 5.41) is 14.0. The number of hydrogen-bond acceptors (Lipinski definition) is 4. The molecular weight excluding hydrogens is 175 g/mol. The second kappa shape index (κ2) is 4.44. The Balaban J connectivity index is 0.00000121. The summed E-state index contributed by atoms with van der Waals surface area (Å²) < 4.78 is 0. The summed E-state index contributed by atoms with van der Waals surface area (Å²) in [6, 6.07) is -1.99. The first-order chi connectivity index (χ1) is 5.09. The van der Waals surface area contributed by atoms with Gasteiger partial charge in [-0.2, -0.15) is 0 Å². The first-order valence-corrected chi connectivity index (χ1v) is 2.91. The average molecular weight is 180 g/mol. The summed E-state index contributed by atoms with van der Waals surface area (Å²) >= 11 is 0. The maximum Gasteiger partial charge on any atom is 1.00 e. The zero-order valence-electron chi connectivity index (χ0n) is 6.42. The number of urea groups is 1. The van der Waals surface area contributed by atoms with Crippen LogP contribution in [0.1, 0.15) is 6.42 Å². The molecule has 1 aliphatic rings. The van der Waals surface area contributed by atoms with Gasteiger partial charge in [0.05, 0.1) is 18.4 Å². The summed E-state index contributed by atoms with van der Waals surface area (Å²) in [6.07, 6.45) is -0.270. The molecule has 0 aromatic rings. The molecule has 0 spiro atoms. The molecule has 1 fully saturated rings. The second-order valence-corrected chi connectivity index (χ2v) is 2.10. The van der Waals surface area contributed by atoms with Crippen LogP contribution in [0.5, 0.6) is 0 Å². The minimum atomic E-state index is -1.45. The molecule has 2 N–H and O–H groups in total. The number of carbonyl (C=O) groups is 3. The Hall–Kier alpha value is -0.590. The van der Waals surface area contributed by atoms with Gasteiger partial charge in [0.1, 0.15) is 0 Å². The number of carboxylic acid groups (broad SMARTS) is 1. The number of amides is 3. The first-order valence-electron chi connectivity index (χ1n) is 2.91. The number of hydrogen-bond donors (Lipinski definition) is 2. The number of carbonyl (C=O) groups excluding carboxylic acids is 3. The van der Waals surface area contributed by atoms with Crippen molar-refractivity contribution in [1.29, 1.82) is 0 Å². The monoisotopic (exact) mass is 180 g/mol. The zero-order chi connectivity index (χ0) is 8.43. The zero-order valence-corrected chi connectivity index (χ0v) is 8.42. The minimum Gasteiger partial charge on any atom is -0.548 e. The third-order valence-corrected chi connectivity index (χ3v) is 1.23. The van der Waals surface area contributed by atoms with Crippen LogP contribution >= 0.6 is 0 Å². The quantitative estimate of drug-likeness (QED) is 0.393. The van der Waals surface area contributed by atoms with Crippen LogP contribution in [0.2, 0.25) is 0 Å². The van der Waals surface area contributed by atoms with E-state index in [9.17, 15) is 19.5 Å². The molecule has 1 rings (SSSR count). The number of imide groups is 1. The maximum absolute atomic E-state index is 10.5. The summed E-state index contributed by atoms with van der Waals surface area (Å²) in [6.45, 7) is 0. The Kier molecular flexibility index (Phi) is 4.22. The van der Waals surface area contributed by atoms with Gasteiger partial charge in [-0.1, -0.05) is 0 Å². The van der Waals surface area contributed by atoms with Crippen molar-refractivity contribution in [3.05, 3.63) is 0 Å². The standard InChI is InChI=1S/C5H6N2O4.Na/c8-3-1-2(4(9)10)6-5(11)7-3;/h2H,1H2,(H,9,10)(H2,6,7,8,11);/q;+1/p-1. The van der Waals surface area contributed by atoms with E-state index >= 15 is 0 Å². The molecule has 3 amide bonds. The molecule has 0 bridgehead atoms.